The van der Waals surface area contributed by atoms with Gasteiger partial charge in [0.1, 0.15) is 0 Å². The van der Waals surface area contributed by atoms with E-state index in [1.165, 1.54) is 0 Å². The highest BCUT2D eigenvalue weighted by molar-refractivity contribution is 6.66. The molecule has 1 aromatic carbocycles. The molecule has 0 bridgehead atoms. The highest BCUT2D eigenvalue weighted by Gasteiger charge is 2.31. The van der Waals surface area contributed by atoms with Crippen molar-refractivity contribution in [2.24, 2.45) is 0 Å². The molecule has 3 rings (SSSR count). The molecule has 0 aliphatic rings. The molecule has 2 heterocycles. The lowest BCUT2D eigenvalue weighted by atomic mass is 10.2. The van der Waals surface area contributed by atoms with Crippen LogP contribution in [0.15, 0.2) is 34.9 Å². The largest absolute Gasteiger partial charge is 0.416 e. The molecule has 20 heavy (non-hydrogen) atoms. The van der Waals surface area contributed by atoms with Gasteiger partial charge < -0.3 is 8.98 Å². The van der Waals surface area contributed by atoms with Crippen molar-refractivity contribution >= 4 is 45.7 Å². The molecule has 0 atom stereocenters. The predicted molar refractivity (Wildman–Crippen MR) is 80.1 cm³/mol. The fourth-order valence-electron chi connectivity index (χ4n) is 2.13. The zero-order valence-electron chi connectivity index (χ0n) is 10.5. The van der Waals surface area contributed by atoms with Gasteiger partial charge in [0.25, 0.3) is 9.68 Å². The number of hydrogen-bond donors (Lipinski definition) is 0. The van der Waals surface area contributed by atoms with Gasteiger partial charge in [-0.15, -0.1) is 10.2 Å². The fraction of sp³-hybridized carbons (Fsp3) is 0.231. The normalized spacial score (nSPS) is 12.2. The van der Waals surface area contributed by atoms with Crippen LogP contribution in [0.1, 0.15) is 12.8 Å². The van der Waals surface area contributed by atoms with Gasteiger partial charge in [-0.1, -0.05) is 53.0 Å². The van der Waals surface area contributed by atoms with E-state index in [2.05, 4.69) is 21.7 Å². The van der Waals surface area contributed by atoms with E-state index < -0.39 is 3.79 Å². The van der Waals surface area contributed by atoms with Crippen LogP contribution in [0.4, 0.5) is 0 Å². The Labute approximate surface area is 130 Å². The molecular formula is C13H10Cl3N3O. The van der Waals surface area contributed by atoms with E-state index in [1.54, 1.807) is 0 Å². The van der Waals surface area contributed by atoms with Gasteiger partial charge in [-0.3, -0.25) is 0 Å². The van der Waals surface area contributed by atoms with Gasteiger partial charge in [0.15, 0.2) is 0 Å². The van der Waals surface area contributed by atoms with Gasteiger partial charge in [0, 0.05) is 23.6 Å². The van der Waals surface area contributed by atoms with Crippen molar-refractivity contribution in [1.82, 2.24) is 14.8 Å². The lowest BCUT2D eigenvalue weighted by molar-refractivity contribution is 0.514. The Morgan fingerprint density at radius 3 is 2.60 bits per heavy atom. The Bertz CT molecular complexity index is 758. The van der Waals surface area contributed by atoms with Crippen molar-refractivity contribution in [3.05, 3.63) is 36.4 Å². The maximum absolute atomic E-state index is 5.74. The van der Waals surface area contributed by atoms with Crippen molar-refractivity contribution in [3.63, 3.8) is 0 Å². The number of benzene rings is 1. The molecule has 0 spiro atoms. The average molecular weight is 331 g/mol. The molecular weight excluding hydrogens is 321 g/mol. The molecule has 0 N–H and O–H groups in total. The summed E-state index contributed by atoms with van der Waals surface area (Å²) in [6.45, 7) is 2.91. The van der Waals surface area contributed by atoms with Crippen molar-refractivity contribution in [2.75, 3.05) is 0 Å². The molecule has 3 aromatic rings. The number of hydrogen-bond acceptors (Lipinski definition) is 3. The van der Waals surface area contributed by atoms with E-state index in [9.17, 15) is 0 Å². The summed E-state index contributed by atoms with van der Waals surface area (Å²) in [5.41, 5.74) is 1.93. The van der Waals surface area contributed by atoms with Gasteiger partial charge in [0.05, 0.1) is 5.56 Å². The van der Waals surface area contributed by atoms with Crippen LogP contribution < -0.4 is 0 Å². The maximum atomic E-state index is 5.74. The zero-order chi connectivity index (χ0) is 14.3. The predicted octanol–water partition coefficient (Wildman–Crippen LogP) is 4.54. The lowest BCUT2D eigenvalue weighted by Crippen LogP contribution is -1.99. The smallest absolute Gasteiger partial charge is 0.268 e. The number of aromatic nitrogens is 3. The van der Waals surface area contributed by atoms with E-state index >= 15 is 0 Å². The van der Waals surface area contributed by atoms with Crippen LogP contribution in [0.2, 0.25) is 0 Å². The molecule has 0 aliphatic heterocycles. The number of alkyl halides is 3. The maximum Gasteiger partial charge on any atom is 0.268 e. The van der Waals surface area contributed by atoms with Crippen molar-refractivity contribution < 1.29 is 4.42 Å². The standard InChI is InChI=1S/C13H10Cl3N3O/c1-2-19-7-9(8-5-3-4-6-10(8)19)11-17-18-12(20-11)13(14,15)16/h3-7H,2H2,1H3. The number of aryl methyl sites for hydroxylation is 1. The highest BCUT2D eigenvalue weighted by atomic mass is 35.6. The molecule has 104 valence electrons. The average Bonchev–Trinajstić information content (AvgIpc) is 3.02. The van der Waals surface area contributed by atoms with Crippen LogP contribution in [0, 0.1) is 0 Å². The summed E-state index contributed by atoms with van der Waals surface area (Å²) in [5.74, 6) is 0.306. The number of halogens is 3. The molecule has 0 saturated carbocycles. The molecule has 0 saturated heterocycles. The minimum absolute atomic E-state index is 0.0363. The molecule has 7 heteroatoms. The number of nitrogens with zero attached hydrogens (tertiary/aromatic N) is 3. The lowest BCUT2D eigenvalue weighted by Gasteiger charge is -2.02. The zero-order valence-corrected chi connectivity index (χ0v) is 12.7. The molecule has 0 unspecified atom stereocenters. The van der Waals surface area contributed by atoms with Gasteiger partial charge >= 0.3 is 0 Å². The Balaban J connectivity index is 2.17. The monoisotopic (exact) mass is 329 g/mol. The minimum Gasteiger partial charge on any atom is -0.416 e. The Kier molecular flexibility index (Phi) is 3.40. The van der Waals surface area contributed by atoms with Gasteiger partial charge in [-0.05, 0) is 13.0 Å². The second kappa shape index (κ2) is 4.95. The van der Waals surface area contributed by atoms with Crippen LogP contribution in [0.25, 0.3) is 22.4 Å². The van der Waals surface area contributed by atoms with Crippen LogP contribution in [0.5, 0.6) is 0 Å². The summed E-state index contributed by atoms with van der Waals surface area (Å²) in [5, 5.41) is 8.77. The summed E-state index contributed by atoms with van der Waals surface area (Å²) in [4.78, 5) is 0. The van der Waals surface area contributed by atoms with Gasteiger partial charge in [-0.25, -0.2) is 0 Å². The fourth-order valence-corrected chi connectivity index (χ4v) is 2.35. The van der Waals surface area contributed by atoms with E-state index in [-0.39, 0.29) is 5.89 Å². The van der Waals surface area contributed by atoms with Gasteiger partial charge in [0.2, 0.25) is 5.89 Å². The first-order chi connectivity index (χ1) is 9.50. The summed E-state index contributed by atoms with van der Waals surface area (Å²) in [6.07, 6.45) is 1.96. The Morgan fingerprint density at radius 2 is 1.95 bits per heavy atom. The van der Waals surface area contributed by atoms with Crippen molar-refractivity contribution in [3.8, 4) is 11.5 Å². The number of rotatable bonds is 2. The van der Waals surface area contributed by atoms with Crippen LogP contribution >= 0.6 is 34.8 Å². The first kappa shape index (κ1) is 13.7. The van der Waals surface area contributed by atoms with Crippen LogP contribution in [0.3, 0.4) is 0 Å². The third-order valence-electron chi connectivity index (χ3n) is 3.03. The topological polar surface area (TPSA) is 43.9 Å². The molecule has 0 amide bonds. The molecule has 0 fully saturated rings. The first-order valence-corrected chi connectivity index (χ1v) is 7.13. The van der Waals surface area contributed by atoms with E-state index in [1.807, 2.05) is 30.5 Å². The molecule has 0 aliphatic carbocycles. The van der Waals surface area contributed by atoms with E-state index in [4.69, 9.17) is 39.2 Å². The highest BCUT2D eigenvalue weighted by Crippen LogP contribution is 2.39. The number of para-hydroxylation sites is 1. The SMILES string of the molecule is CCn1cc(-c2nnc(C(Cl)(Cl)Cl)o2)c2ccccc21. The van der Waals surface area contributed by atoms with Gasteiger partial charge in [-0.2, -0.15) is 0 Å². The van der Waals surface area contributed by atoms with Crippen molar-refractivity contribution in [1.29, 1.82) is 0 Å². The second-order valence-corrected chi connectivity index (χ2v) is 6.54. The van der Waals surface area contributed by atoms with E-state index in [0.717, 1.165) is 23.0 Å². The Morgan fingerprint density at radius 1 is 1.20 bits per heavy atom. The van der Waals surface area contributed by atoms with E-state index in [0.29, 0.717) is 5.89 Å². The second-order valence-electron chi connectivity index (χ2n) is 4.26. The third kappa shape index (κ3) is 2.28. The summed E-state index contributed by atoms with van der Waals surface area (Å²) >= 11 is 17.2. The van der Waals surface area contributed by atoms with Crippen molar-refractivity contribution in [2.45, 2.75) is 17.3 Å². The quantitative estimate of drug-likeness (QED) is 0.648. The molecule has 0 radical (unpaired) electrons. The minimum atomic E-state index is -1.71. The summed E-state index contributed by atoms with van der Waals surface area (Å²) in [7, 11) is 0. The first-order valence-electron chi connectivity index (χ1n) is 5.99. The number of fused-ring (bicyclic) bond motifs is 1. The Hall–Kier alpha value is -1.23. The molecule has 4 nitrogen and oxygen atoms in total. The van der Waals surface area contributed by atoms with Crippen LogP contribution in [-0.2, 0) is 10.3 Å². The summed E-state index contributed by atoms with van der Waals surface area (Å²) < 4.78 is 5.86. The summed E-state index contributed by atoms with van der Waals surface area (Å²) in [6, 6.07) is 7.97. The third-order valence-corrected chi connectivity index (χ3v) is 3.51. The van der Waals surface area contributed by atoms with Crippen LogP contribution in [-0.4, -0.2) is 14.8 Å². The molecule has 2 aromatic heterocycles.